The molecule has 1 aliphatic heterocycles. The van der Waals surface area contributed by atoms with Gasteiger partial charge >= 0.3 is 0 Å². The summed E-state index contributed by atoms with van der Waals surface area (Å²) in [4.78, 5) is 0. The standard InChI is InChI=1S/C19H19NO.ClH/c1-2-4-12-5-3-6-13-10-17-19-14(7-8-20-17)9-15(21)11-16(19)18(12)13;/h2-3,5-6,9,11,17,20-21H,1,4,7-8,10H2;1H. The molecule has 0 saturated heterocycles. The van der Waals surface area contributed by atoms with Gasteiger partial charge in [0.1, 0.15) is 5.75 Å². The molecule has 0 saturated carbocycles. The number of fused-ring (bicyclic) bond motifs is 2. The lowest BCUT2D eigenvalue weighted by Crippen LogP contribution is -2.33. The Hall–Kier alpha value is -1.77. The van der Waals surface area contributed by atoms with Crippen molar-refractivity contribution >= 4 is 12.4 Å². The van der Waals surface area contributed by atoms with E-state index in [2.05, 4.69) is 30.1 Å². The molecule has 0 bridgehead atoms. The van der Waals surface area contributed by atoms with Crippen molar-refractivity contribution in [3.05, 3.63) is 65.2 Å². The predicted molar refractivity (Wildman–Crippen MR) is 92.8 cm³/mol. The molecule has 3 heteroatoms. The van der Waals surface area contributed by atoms with Gasteiger partial charge in [0, 0.05) is 6.04 Å². The fourth-order valence-corrected chi connectivity index (χ4v) is 3.89. The third-order valence-electron chi connectivity index (χ3n) is 4.68. The zero-order valence-corrected chi connectivity index (χ0v) is 13.2. The van der Waals surface area contributed by atoms with E-state index in [9.17, 15) is 5.11 Å². The van der Waals surface area contributed by atoms with Crippen molar-refractivity contribution < 1.29 is 5.11 Å². The number of nitrogens with one attached hydrogen (secondary N) is 1. The molecule has 0 spiro atoms. The fourth-order valence-electron chi connectivity index (χ4n) is 3.89. The van der Waals surface area contributed by atoms with Crippen LogP contribution in [0.25, 0.3) is 11.1 Å². The van der Waals surface area contributed by atoms with Crippen LogP contribution in [-0.2, 0) is 19.3 Å². The monoisotopic (exact) mass is 313 g/mol. The van der Waals surface area contributed by atoms with Gasteiger partial charge in [-0.25, -0.2) is 0 Å². The molecule has 2 aromatic rings. The number of phenolic OH excluding ortho intramolecular Hbond substituents is 1. The summed E-state index contributed by atoms with van der Waals surface area (Å²) in [6.07, 6.45) is 4.85. The van der Waals surface area contributed by atoms with Crippen molar-refractivity contribution in [1.82, 2.24) is 5.32 Å². The highest BCUT2D eigenvalue weighted by Crippen LogP contribution is 2.45. The maximum atomic E-state index is 10.1. The van der Waals surface area contributed by atoms with Gasteiger partial charge in [-0.15, -0.1) is 19.0 Å². The van der Waals surface area contributed by atoms with Gasteiger partial charge in [-0.2, -0.15) is 0 Å². The normalized spacial score (nSPS) is 17.9. The molecule has 2 aromatic carbocycles. The summed E-state index contributed by atoms with van der Waals surface area (Å²) in [7, 11) is 0. The molecule has 2 nitrogen and oxygen atoms in total. The maximum Gasteiger partial charge on any atom is 0.116 e. The minimum Gasteiger partial charge on any atom is -0.508 e. The molecule has 1 atom stereocenters. The number of phenols is 1. The Kier molecular flexibility index (Phi) is 3.98. The summed E-state index contributed by atoms with van der Waals surface area (Å²) in [6, 6.07) is 10.8. The van der Waals surface area contributed by atoms with Crippen molar-refractivity contribution in [1.29, 1.82) is 0 Å². The molecule has 0 fully saturated rings. The van der Waals surface area contributed by atoms with E-state index in [4.69, 9.17) is 0 Å². The van der Waals surface area contributed by atoms with Gasteiger partial charge in [0.05, 0.1) is 0 Å². The van der Waals surface area contributed by atoms with Crippen LogP contribution in [0.4, 0.5) is 0 Å². The quantitative estimate of drug-likeness (QED) is 0.823. The number of hydrogen-bond donors (Lipinski definition) is 2. The van der Waals surface area contributed by atoms with Crippen LogP contribution in [0.15, 0.2) is 43.0 Å². The number of rotatable bonds is 2. The number of hydrogen-bond acceptors (Lipinski definition) is 2. The van der Waals surface area contributed by atoms with Gasteiger partial charge in [-0.3, -0.25) is 0 Å². The SMILES string of the molecule is C=CCc1cccc2c1-c1cc(O)cc3c1C(C2)NCC3.Cl. The average molecular weight is 314 g/mol. The largest absolute Gasteiger partial charge is 0.508 e. The Bertz CT molecular complexity index is 738. The second kappa shape index (κ2) is 5.79. The first-order valence-electron chi connectivity index (χ1n) is 7.59. The first-order chi connectivity index (χ1) is 10.3. The maximum absolute atomic E-state index is 10.1. The van der Waals surface area contributed by atoms with Crippen LogP contribution in [0.5, 0.6) is 5.75 Å². The van der Waals surface area contributed by atoms with Crippen LogP contribution in [0.1, 0.15) is 28.3 Å². The van der Waals surface area contributed by atoms with Crippen molar-refractivity contribution in [2.45, 2.75) is 25.3 Å². The zero-order chi connectivity index (χ0) is 14.4. The topological polar surface area (TPSA) is 32.3 Å². The van der Waals surface area contributed by atoms with Crippen molar-refractivity contribution in [3.63, 3.8) is 0 Å². The molecule has 114 valence electrons. The lowest BCUT2D eigenvalue weighted by Gasteiger charge is -2.35. The highest BCUT2D eigenvalue weighted by molar-refractivity contribution is 5.85. The van der Waals surface area contributed by atoms with Gasteiger partial charge < -0.3 is 10.4 Å². The summed E-state index contributed by atoms with van der Waals surface area (Å²) < 4.78 is 0. The average Bonchev–Trinajstić information content (AvgIpc) is 2.47. The summed E-state index contributed by atoms with van der Waals surface area (Å²) in [6.45, 7) is 4.86. The molecular formula is C19H20ClNO. The van der Waals surface area contributed by atoms with E-state index in [1.165, 1.54) is 33.4 Å². The van der Waals surface area contributed by atoms with Crippen molar-refractivity contribution in [3.8, 4) is 16.9 Å². The highest BCUT2D eigenvalue weighted by Gasteiger charge is 2.30. The third kappa shape index (κ3) is 2.23. The number of allylic oxidation sites excluding steroid dienone is 1. The minimum atomic E-state index is 0. The Morgan fingerprint density at radius 1 is 1.27 bits per heavy atom. The smallest absolute Gasteiger partial charge is 0.116 e. The van der Waals surface area contributed by atoms with E-state index in [0.29, 0.717) is 11.8 Å². The molecule has 2 aliphatic rings. The molecule has 1 heterocycles. The number of benzene rings is 2. The first kappa shape index (κ1) is 15.1. The number of halogens is 1. The van der Waals surface area contributed by atoms with E-state index >= 15 is 0 Å². The van der Waals surface area contributed by atoms with Gasteiger partial charge in [-0.05, 0) is 71.3 Å². The third-order valence-corrected chi connectivity index (χ3v) is 4.68. The van der Waals surface area contributed by atoms with Crippen molar-refractivity contribution in [2.24, 2.45) is 0 Å². The van der Waals surface area contributed by atoms with Gasteiger partial charge in [0.25, 0.3) is 0 Å². The molecule has 0 radical (unpaired) electrons. The predicted octanol–water partition coefficient (Wildman–Crippen LogP) is 3.95. The Morgan fingerprint density at radius 3 is 2.95 bits per heavy atom. The molecule has 0 amide bonds. The van der Waals surface area contributed by atoms with Crippen molar-refractivity contribution in [2.75, 3.05) is 6.54 Å². The summed E-state index contributed by atoms with van der Waals surface area (Å²) in [5.74, 6) is 0.380. The first-order valence-corrected chi connectivity index (χ1v) is 7.59. The van der Waals surface area contributed by atoms with Gasteiger partial charge in [0.2, 0.25) is 0 Å². The van der Waals surface area contributed by atoms with Crippen LogP contribution >= 0.6 is 12.4 Å². The molecule has 2 N–H and O–H groups in total. The lowest BCUT2D eigenvalue weighted by atomic mass is 9.76. The minimum absolute atomic E-state index is 0. The summed E-state index contributed by atoms with van der Waals surface area (Å²) in [5.41, 5.74) is 7.89. The lowest BCUT2D eigenvalue weighted by molar-refractivity contribution is 0.465. The second-order valence-corrected chi connectivity index (χ2v) is 5.97. The van der Waals surface area contributed by atoms with Gasteiger partial charge in [-0.1, -0.05) is 24.3 Å². The highest BCUT2D eigenvalue weighted by atomic mass is 35.5. The Balaban J connectivity index is 0.00000144. The van der Waals surface area contributed by atoms with Gasteiger partial charge in [0.15, 0.2) is 0 Å². The van der Waals surface area contributed by atoms with Crippen LogP contribution in [0.2, 0.25) is 0 Å². The van der Waals surface area contributed by atoms with E-state index in [-0.39, 0.29) is 12.4 Å². The summed E-state index contributed by atoms with van der Waals surface area (Å²) in [5, 5.41) is 13.7. The molecular weight excluding hydrogens is 294 g/mol. The molecule has 4 rings (SSSR count). The van der Waals surface area contributed by atoms with Crippen LogP contribution in [-0.4, -0.2) is 11.7 Å². The zero-order valence-electron chi connectivity index (χ0n) is 12.4. The Labute approximate surface area is 137 Å². The Morgan fingerprint density at radius 2 is 2.14 bits per heavy atom. The van der Waals surface area contributed by atoms with E-state index < -0.39 is 0 Å². The number of aromatic hydroxyl groups is 1. The molecule has 22 heavy (non-hydrogen) atoms. The van der Waals surface area contributed by atoms with Crippen LogP contribution in [0.3, 0.4) is 0 Å². The molecule has 1 unspecified atom stereocenters. The van der Waals surface area contributed by atoms with E-state index in [1.807, 2.05) is 18.2 Å². The fraction of sp³-hybridized carbons (Fsp3) is 0.263. The second-order valence-electron chi connectivity index (χ2n) is 5.97. The van der Waals surface area contributed by atoms with Crippen LogP contribution in [0, 0.1) is 0 Å². The van der Waals surface area contributed by atoms with E-state index in [1.54, 1.807) is 0 Å². The molecule has 1 aliphatic carbocycles. The summed E-state index contributed by atoms with van der Waals surface area (Å²) >= 11 is 0. The molecule has 0 aromatic heterocycles. The van der Waals surface area contributed by atoms with E-state index in [0.717, 1.165) is 25.8 Å². The van der Waals surface area contributed by atoms with Crippen LogP contribution < -0.4 is 5.32 Å².